The van der Waals surface area contributed by atoms with E-state index in [1.54, 1.807) is 13.0 Å². The van der Waals surface area contributed by atoms with Gasteiger partial charge in [-0.15, -0.1) is 0 Å². The van der Waals surface area contributed by atoms with Crippen LogP contribution in [0.2, 0.25) is 5.02 Å². The number of allylic oxidation sites excluding steroid dienone is 2. The predicted molar refractivity (Wildman–Crippen MR) is 116 cm³/mol. The molecule has 0 saturated heterocycles. The molecule has 3 rings (SSSR count). The van der Waals surface area contributed by atoms with E-state index in [-0.39, 0.29) is 23.8 Å². The molecule has 2 unspecified atom stereocenters. The van der Waals surface area contributed by atoms with E-state index < -0.39 is 11.3 Å². The Hall–Kier alpha value is -2.82. The molecule has 0 bridgehead atoms. The highest BCUT2D eigenvalue weighted by Crippen LogP contribution is 2.55. The molecule has 1 aromatic rings. The van der Waals surface area contributed by atoms with Crippen LogP contribution in [-0.2, 0) is 0 Å². The summed E-state index contributed by atoms with van der Waals surface area (Å²) < 4.78 is 0. The minimum absolute atomic E-state index is 0.0282. The highest BCUT2D eigenvalue weighted by molar-refractivity contribution is 6.31. The SMILES string of the molecule is CC(C)N1CC=C2C(C#N)=C(N)C(C#N)(C#N)C(c3ccccc3Cl)C2C1.CCO. The second-order valence-corrected chi connectivity index (χ2v) is 7.97. The maximum Gasteiger partial charge on any atom is 0.191 e. The highest BCUT2D eigenvalue weighted by Gasteiger charge is 2.55. The molecule has 0 amide bonds. The summed E-state index contributed by atoms with van der Waals surface area (Å²) in [5.41, 5.74) is 6.46. The molecule has 2 aliphatic rings. The van der Waals surface area contributed by atoms with Gasteiger partial charge in [0.2, 0.25) is 0 Å². The highest BCUT2D eigenvalue weighted by atomic mass is 35.5. The summed E-state index contributed by atoms with van der Waals surface area (Å²) in [6, 6.07) is 13.9. The lowest BCUT2D eigenvalue weighted by molar-refractivity contribution is 0.174. The van der Waals surface area contributed by atoms with Gasteiger partial charge in [-0.2, -0.15) is 15.8 Å². The van der Waals surface area contributed by atoms with Gasteiger partial charge in [-0.25, -0.2) is 0 Å². The minimum atomic E-state index is -1.64. The van der Waals surface area contributed by atoms with Crippen LogP contribution in [0.1, 0.15) is 32.3 Å². The number of nitrogens with zero attached hydrogens (tertiary/aromatic N) is 4. The van der Waals surface area contributed by atoms with Gasteiger partial charge in [0.15, 0.2) is 5.41 Å². The molecule has 0 saturated carbocycles. The van der Waals surface area contributed by atoms with Gasteiger partial charge in [0, 0.05) is 42.6 Å². The third-order valence-corrected chi connectivity index (χ3v) is 6.01. The largest absolute Gasteiger partial charge is 0.399 e. The summed E-state index contributed by atoms with van der Waals surface area (Å²) in [5.74, 6) is -0.770. The van der Waals surface area contributed by atoms with Crippen LogP contribution in [0.15, 0.2) is 47.2 Å². The smallest absolute Gasteiger partial charge is 0.191 e. The molecular weight excluding hydrogens is 398 g/mol. The third-order valence-electron chi connectivity index (χ3n) is 5.66. The maximum absolute atomic E-state index is 10.0. The number of aliphatic hydroxyl groups excluding tert-OH is 1. The number of hydrogen-bond acceptors (Lipinski definition) is 6. The molecule has 156 valence electrons. The van der Waals surface area contributed by atoms with Crippen molar-refractivity contribution >= 4 is 11.6 Å². The average molecular weight is 424 g/mol. The Morgan fingerprint density at radius 1 is 1.27 bits per heavy atom. The van der Waals surface area contributed by atoms with Crippen molar-refractivity contribution < 1.29 is 5.11 Å². The van der Waals surface area contributed by atoms with Gasteiger partial charge in [-0.3, -0.25) is 4.90 Å². The van der Waals surface area contributed by atoms with E-state index in [1.165, 1.54) is 0 Å². The van der Waals surface area contributed by atoms with Crippen LogP contribution in [0.5, 0.6) is 0 Å². The molecule has 1 aromatic carbocycles. The van der Waals surface area contributed by atoms with E-state index >= 15 is 0 Å². The second kappa shape index (κ2) is 9.79. The van der Waals surface area contributed by atoms with Crippen molar-refractivity contribution in [2.75, 3.05) is 19.7 Å². The molecule has 0 spiro atoms. The van der Waals surface area contributed by atoms with E-state index in [9.17, 15) is 15.8 Å². The number of nitrogens with two attached hydrogens (primary N) is 1. The minimum Gasteiger partial charge on any atom is -0.399 e. The fourth-order valence-corrected chi connectivity index (χ4v) is 4.45. The van der Waals surface area contributed by atoms with Crippen LogP contribution in [0.25, 0.3) is 0 Å². The molecule has 0 radical (unpaired) electrons. The van der Waals surface area contributed by atoms with Crippen LogP contribution >= 0.6 is 11.6 Å². The molecule has 1 heterocycles. The zero-order valence-corrected chi connectivity index (χ0v) is 18.2. The van der Waals surface area contributed by atoms with E-state index in [2.05, 4.69) is 37.0 Å². The van der Waals surface area contributed by atoms with E-state index in [4.69, 9.17) is 22.4 Å². The summed E-state index contributed by atoms with van der Waals surface area (Å²) in [4.78, 5) is 2.26. The molecule has 30 heavy (non-hydrogen) atoms. The normalized spacial score (nSPS) is 22.6. The molecule has 2 atom stereocenters. The Morgan fingerprint density at radius 2 is 1.87 bits per heavy atom. The molecule has 0 fully saturated rings. The van der Waals surface area contributed by atoms with Crippen LogP contribution in [-0.4, -0.2) is 35.7 Å². The lowest BCUT2D eigenvalue weighted by Gasteiger charge is -2.46. The molecule has 1 aliphatic heterocycles. The van der Waals surface area contributed by atoms with E-state index in [0.717, 1.165) is 5.57 Å². The van der Waals surface area contributed by atoms with Crippen molar-refractivity contribution in [1.82, 2.24) is 4.90 Å². The Kier molecular flexibility index (Phi) is 7.65. The van der Waals surface area contributed by atoms with Crippen molar-refractivity contribution in [3.05, 3.63) is 57.8 Å². The Labute approximate surface area is 183 Å². The molecule has 6 nitrogen and oxygen atoms in total. The van der Waals surface area contributed by atoms with Crippen molar-refractivity contribution in [3.8, 4) is 18.2 Å². The molecule has 7 heteroatoms. The first kappa shape index (κ1) is 23.5. The lowest BCUT2D eigenvalue weighted by atomic mass is 9.58. The monoisotopic (exact) mass is 423 g/mol. The summed E-state index contributed by atoms with van der Waals surface area (Å²) in [7, 11) is 0. The molecule has 0 aromatic heterocycles. The summed E-state index contributed by atoms with van der Waals surface area (Å²) >= 11 is 6.47. The van der Waals surface area contributed by atoms with Crippen LogP contribution in [0.3, 0.4) is 0 Å². The lowest BCUT2D eigenvalue weighted by Crippen LogP contribution is -2.49. The van der Waals surface area contributed by atoms with Crippen LogP contribution < -0.4 is 5.73 Å². The van der Waals surface area contributed by atoms with E-state index in [1.807, 2.05) is 24.3 Å². The van der Waals surface area contributed by atoms with Gasteiger partial charge in [0.25, 0.3) is 0 Å². The zero-order valence-electron chi connectivity index (χ0n) is 17.4. The topological polar surface area (TPSA) is 121 Å². The zero-order chi connectivity index (χ0) is 22.5. The summed E-state index contributed by atoms with van der Waals surface area (Å²) in [6.07, 6.45) is 2.00. The number of fused-ring (bicyclic) bond motifs is 1. The average Bonchev–Trinajstić information content (AvgIpc) is 2.74. The van der Waals surface area contributed by atoms with Crippen molar-refractivity contribution in [1.29, 1.82) is 15.8 Å². The predicted octanol–water partition coefficient (Wildman–Crippen LogP) is 3.47. The number of halogens is 1. The summed E-state index contributed by atoms with van der Waals surface area (Å²) in [6.45, 7) is 7.46. The number of nitriles is 3. The Bertz CT molecular complexity index is 963. The van der Waals surface area contributed by atoms with Gasteiger partial charge in [0.05, 0.1) is 23.4 Å². The standard InChI is InChI=1S/C21H20ClN5.C2H6O/c1-13(2)27-8-7-14-16(9-23)20(26)21(11-24,12-25)19(17(14)10-27)15-5-3-4-6-18(15)22;1-2-3/h3-7,13,17,19H,8,10,26H2,1-2H3;3H,2H2,1H3. The van der Waals surface area contributed by atoms with Crippen molar-refractivity contribution in [3.63, 3.8) is 0 Å². The number of aliphatic hydroxyl groups is 1. The van der Waals surface area contributed by atoms with Gasteiger partial charge < -0.3 is 10.8 Å². The van der Waals surface area contributed by atoms with Gasteiger partial charge in [-0.05, 0) is 38.0 Å². The van der Waals surface area contributed by atoms with Crippen molar-refractivity contribution in [2.24, 2.45) is 17.1 Å². The Balaban J connectivity index is 0.00000101. The Morgan fingerprint density at radius 3 is 2.37 bits per heavy atom. The maximum atomic E-state index is 10.0. The fourth-order valence-electron chi connectivity index (χ4n) is 4.20. The second-order valence-electron chi connectivity index (χ2n) is 7.56. The van der Waals surface area contributed by atoms with Crippen LogP contribution in [0.4, 0.5) is 0 Å². The van der Waals surface area contributed by atoms with Gasteiger partial charge in [0.1, 0.15) is 6.07 Å². The quantitative estimate of drug-likeness (QED) is 0.751. The molecule has 1 aliphatic carbocycles. The third kappa shape index (κ3) is 3.93. The fraction of sp³-hybridized carbons (Fsp3) is 0.435. The first-order valence-electron chi connectivity index (χ1n) is 9.85. The first-order valence-corrected chi connectivity index (χ1v) is 10.2. The van der Waals surface area contributed by atoms with Crippen LogP contribution in [0, 0.1) is 45.3 Å². The number of benzene rings is 1. The van der Waals surface area contributed by atoms with Gasteiger partial charge in [-0.1, -0.05) is 35.9 Å². The van der Waals surface area contributed by atoms with Crippen molar-refractivity contribution in [2.45, 2.75) is 32.7 Å². The summed E-state index contributed by atoms with van der Waals surface area (Å²) in [5, 5.41) is 37.9. The number of rotatable bonds is 2. The number of hydrogen-bond donors (Lipinski definition) is 2. The first-order chi connectivity index (χ1) is 14.3. The molecular formula is C23H26ClN5O. The molecule has 3 N–H and O–H groups in total. The van der Waals surface area contributed by atoms with Gasteiger partial charge >= 0.3 is 0 Å². The van der Waals surface area contributed by atoms with E-state index in [0.29, 0.717) is 29.7 Å².